The molecule has 0 fully saturated rings. The van der Waals surface area contributed by atoms with Crippen LogP contribution in [0.4, 0.5) is 5.69 Å². The van der Waals surface area contributed by atoms with E-state index in [1.54, 1.807) is 24.7 Å². The summed E-state index contributed by atoms with van der Waals surface area (Å²) in [5, 5.41) is 10.8. The molecule has 1 aliphatic rings. The van der Waals surface area contributed by atoms with Gasteiger partial charge in [0.15, 0.2) is 5.78 Å². The normalized spacial score (nSPS) is 14.6. The molecule has 0 bridgehead atoms. The van der Waals surface area contributed by atoms with Crippen molar-refractivity contribution in [1.82, 2.24) is 9.55 Å². The highest BCUT2D eigenvalue weighted by molar-refractivity contribution is 6.13. The van der Waals surface area contributed by atoms with Gasteiger partial charge in [-0.3, -0.25) is 14.9 Å². The zero-order valence-electron chi connectivity index (χ0n) is 15.7. The Labute approximate surface area is 167 Å². The fraction of sp³-hybridized carbons (Fsp3) is 0.182. The van der Waals surface area contributed by atoms with Gasteiger partial charge < -0.3 is 9.30 Å². The van der Waals surface area contributed by atoms with E-state index in [0.29, 0.717) is 30.7 Å². The number of carbonyl (C=O) groups is 1. The van der Waals surface area contributed by atoms with Crippen molar-refractivity contribution in [3.8, 4) is 5.75 Å². The molecule has 0 saturated carbocycles. The molecule has 0 N–H and O–H groups in total. The van der Waals surface area contributed by atoms with Gasteiger partial charge in [0.25, 0.3) is 5.69 Å². The zero-order chi connectivity index (χ0) is 20.2. The second-order valence-electron chi connectivity index (χ2n) is 6.82. The number of Topliss-reactive ketones (excluding diaryl/α,β-unsaturated/α-hetero) is 1. The maximum absolute atomic E-state index is 12.8. The van der Waals surface area contributed by atoms with Crippen LogP contribution in [0, 0.1) is 10.1 Å². The van der Waals surface area contributed by atoms with E-state index in [0.717, 1.165) is 23.3 Å². The monoisotopic (exact) mass is 389 g/mol. The summed E-state index contributed by atoms with van der Waals surface area (Å²) in [5.74, 6) is 0.744. The molecule has 0 aliphatic heterocycles. The van der Waals surface area contributed by atoms with Crippen LogP contribution in [0.2, 0.25) is 0 Å². The average molecular weight is 389 g/mol. The summed E-state index contributed by atoms with van der Waals surface area (Å²) >= 11 is 0. The number of ketones is 1. The number of fused-ring (bicyclic) bond motifs is 1. The molecule has 0 radical (unpaired) electrons. The number of nitrogens with zero attached hydrogens (tertiary/aromatic N) is 3. The van der Waals surface area contributed by atoms with Gasteiger partial charge in [0, 0.05) is 35.7 Å². The molecular weight excluding hydrogens is 370 g/mol. The summed E-state index contributed by atoms with van der Waals surface area (Å²) < 4.78 is 7.75. The molecule has 0 unspecified atom stereocenters. The minimum Gasteiger partial charge on any atom is -0.492 e. The summed E-state index contributed by atoms with van der Waals surface area (Å²) in [7, 11) is 0. The fourth-order valence-electron chi connectivity index (χ4n) is 3.36. The van der Waals surface area contributed by atoms with Crippen molar-refractivity contribution >= 4 is 17.5 Å². The maximum Gasteiger partial charge on any atom is 0.269 e. The number of hydrogen-bond acceptors (Lipinski definition) is 5. The second kappa shape index (κ2) is 8.10. The van der Waals surface area contributed by atoms with Gasteiger partial charge in [-0.05, 0) is 60.4 Å². The highest BCUT2D eigenvalue weighted by atomic mass is 16.6. The van der Waals surface area contributed by atoms with Crippen LogP contribution in [0.25, 0.3) is 6.08 Å². The number of aromatic nitrogens is 2. The highest BCUT2D eigenvalue weighted by Crippen LogP contribution is 2.29. The Balaban J connectivity index is 1.45. The summed E-state index contributed by atoms with van der Waals surface area (Å²) in [5.41, 5.74) is 3.19. The van der Waals surface area contributed by atoms with Crippen LogP contribution in [0.5, 0.6) is 5.75 Å². The third-order valence-electron chi connectivity index (χ3n) is 4.90. The minimum absolute atomic E-state index is 0.00503. The topological polar surface area (TPSA) is 87.3 Å². The van der Waals surface area contributed by atoms with E-state index in [4.69, 9.17) is 4.74 Å². The second-order valence-corrected chi connectivity index (χ2v) is 6.82. The van der Waals surface area contributed by atoms with Crippen molar-refractivity contribution in [2.75, 3.05) is 6.61 Å². The third-order valence-corrected chi connectivity index (χ3v) is 4.90. The van der Waals surface area contributed by atoms with Crippen molar-refractivity contribution in [3.05, 3.63) is 93.6 Å². The van der Waals surface area contributed by atoms with Crippen molar-refractivity contribution < 1.29 is 14.5 Å². The number of nitro groups is 1. The standard InChI is InChI=1S/C22H19N3O4/c26-22-18(13-16-1-5-19(6-2-16)25(27)28)4-3-17-14-20(7-8-21(17)22)29-12-11-24-10-9-23-15-24/h1-2,5-10,13-15H,3-4,11-12H2. The molecule has 1 heterocycles. The number of non-ortho nitro benzene ring substituents is 1. The number of nitro benzene ring substituents is 1. The molecule has 2 aromatic carbocycles. The molecule has 7 nitrogen and oxygen atoms in total. The van der Waals surface area contributed by atoms with Gasteiger partial charge in [0.2, 0.25) is 0 Å². The van der Waals surface area contributed by atoms with E-state index in [-0.39, 0.29) is 11.5 Å². The summed E-state index contributed by atoms with van der Waals surface area (Å²) in [6.45, 7) is 1.23. The van der Waals surface area contributed by atoms with E-state index in [1.807, 2.05) is 35.0 Å². The van der Waals surface area contributed by atoms with Crippen LogP contribution in [0.1, 0.15) is 27.9 Å². The maximum atomic E-state index is 12.8. The predicted octanol–water partition coefficient (Wildman–Crippen LogP) is 4.08. The van der Waals surface area contributed by atoms with Gasteiger partial charge in [0.05, 0.1) is 17.8 Å². The van der Waals surface area contributed by atoms with Gasteiger partial charge in [0.1, 0.15) is 12.4 Å². The van der Waals surface area contributed by atoms with E-state index >= 15 is 0 Å². The van der Waals surface area contributed by atoms with Gasteiger partial charge in [-0.1, -0.05) is 0 Å². The Kier molecular flexibility index (Phi) is 5.20. The van der Waals surface area contributed by atoms with E-state index in [2.05, 4.69) is 4.98 Å². The quantitative estimate of drug-likeness (QED) is 0.360. The summed E-state index contributed by atoms with van der Waals surface area (Å²) in [6.07, 6.45) is 8.54. The smallest absolute Gasteiger partial charge is 0.269 e. The van der Waals surface area contributed by atoms with Crippen LogP contribution in [-0.2, 0) is 13.0 Å². The van der Waals surface area contributed by atoms with E-state index < -0.39 is 4.92 Å². The van der Waals surface area contributed by atoms with Gasteiger partial charge in [-0.15, -0.1) is 0 Å². The fourth-order valence-corrected chi connectivity index (χ4v) is 3.36. The SMILES string of the molecule is O=C1C(=Cc2ccc([N+](=O)[O-])cc2)CCc2cc(OCCn3ccnc3)ccc21. The number of hydrogen-bond donors (Lipinski definition) is 0. The lowest BCUT2D eigenvalue weighted by atomic mass is 9.86. The number of aryl methyl sites for hydroxylation is 1. The predicted molar refractivity (Wildman–Crippen MR) is 108 cm³/mol. The van der Waals surface area contributed by atoms with Gasteiger partial charge >= 0.3 is 0 Å². The minimum atomic E-state index is -0.436. The lowest BCUT2D eigenvalue weighted by molar-refractivity contribution is -0.384. The Morgan fingerprint density at radius 3 is 2.72 bits per heavy atom. The van der Waals surface area contributed by atoms with Crippen molar-refractivity contribution in [2.45, 2.75) is 19.4 Å². The highest BCUT2D eigenvalue weighted by Gasteiger charge is 2.22. The van der Waals surface area contributed by atoms with Crippen LogP contribution >= 0.6 is 0 Å². The molecule has 0 spiro atoms. The van der Waals surface area contributed by atoms with Crippen LogP contribution in [0.3, 0.4) is 0 Å². The van der Waals surface area contributed by atoms with Crippen molar-refractivity contribution in [1.29, 1.82) is 0 Å². The lowest BCUT2D eigenvalue weighted by Gasteiger charge is -2.19. The molecule has 0 atom stereocenters. The first-order chi connectivity index (χ1) is 14.1. The number of rotatable bonds is 6. The molecule has 4 rings (SSSR count). The first kappa shape index (κ1) is 18.6. The number of imidazole rings is 1. The number of allylic oxidation sites excluding steroid dienone is 1. The van der Waals surface area contributed by atoms with Crippen LogP contribution < -0.4 is 4.74 Å². The Morgan fingerprint density at radius 1 is 1.17 bits per heavy atom. The number of benzene rings is 2. The molecule has 1 aliphatic carbocycles. The van der Waals surface area contributed by atoms with E-state index in [9.17, 15) is 14.9 Å². The van der Waals surface area contributed by atoms with Crippen LogP contribution in [0.15, 0.2) is 66.8 Å². The van der Waals surface area contributed by atoms with Gasteiger partial charge in [-0.25, -0.2) is 4.98 Å². The first-order valence-corrected chi connectivity index (χ1v) is 9.31. The molecule has 0 saturated heterocycles. The molecule has 146 valence electrons. The van der Waals surface area contributed by atoms with Crippen molar-refractivity contribution in [2.24, 2.45) is 0 Å². The summed E-state index contributed by atoms with van der Waals surface area (Å²) in [6, 6.07) is 11.8. The third kappa shape index (κ3) is 4.24. The lowest BCUT2D eigenvalue weighted by Crippen LogP contribution is -2.14. The molecule has 1 aromatic heterocycles. The number of ether oxygens (including phenoxy) is 1. The van der Waals surface area contributed by atoms with Gasteiger partial charge in [-0.2, -0.15) is 0 Å². The molecule has 29 heavy (non-hydrogen) atoms. The zero-order valence-corrected chi connectivity index (χ0v) is 15.7. The molecule has 7 heteroatoms. The summed E-state index contributed by atoms with van der Waals surface area (Å²) in [4.78, 5) is 27.2. The average Bonchev–Trinajstić information content (AvgIpc) is 3.24. The molecule has 0 amide bonds. The Hall–Kier alpha value is -3.74. The molecule has 3 aromatic rings. The number of carbonyl (C=O) groups excluding carboxylic acids is 1. The first-order valence-electron chi connectivity index (χ1n) is 9.31. The van der Waals surface area contributed by atoms with Crippen molar-refractivity contribution in [3.63, 3.8) is 0 Å². The molecular formula is C22H19N3O4. The Morgan fingerprint density at radius 2 is 2.00 bits per heavy atom. The largest absolute Gasteiger partial charge is 0.492 e. The Bertz CT molecular complexity index is 1070. The van der Waals surface area contributed by atoms with E-state index in [1.165, 1.54) is 12.1 Å². The van der Waals surface area contributed by atoms with Crippen LogP contribution in [-0.4, -0.2) is 26.9 Å².